The summed E-state index contributed by atoms with van der Waals surface area (Å²) < 4.78 is 0. The molecule has 0 aliphatic carbocycles. The number of likely N-dealkylation sites (tertiary alicyclic amines) is 1. The maximum absolute atomic E-state index is 12.3. The summed E-state index contributed by atoms with van der Waals surface area (Å²) in [6.07, 6.45) is 1.49. The van der Waals surface area contributed by atoms with Crippen molar-refractivity contribution in [3.05, 3.63) is 29.3 Å². The molecule has 2 aliphatic heterocycles. The normalized spacial score (nSPS) is 21.1. The van der Waals surface area contributed by atoms with Crippen LogP contribution in [0.2, 0.25) is 0 Å². The second-order valence-corrected chi connectivity index (χ2v) is 5.12. The smallest absolute Gasteiger partial charge is 0.308 e. The van der Waals surface area contributed by atoms with Crippen molar-refractivity contribution in [3.8, 4) is 0 Å². The molecule has 0 radical (unpaired) electrons. The number of hydrogen-bond acceptors (Lipinski definition) is 3. The van der Waals surface area contributed by atoms with E-state index in [-0.39, 0.29) is 5.91 Å². The van der Waals surface area contributed by atoms with Crippen molar-refractivity contribution in [1.82, 2.24) is 4.90 Å². The van der Waals surface area contributed by atoms with Crippen LogP contribution in [0.5, 0.6) is 0 Å². The van der Waals surface area contributed by atoms with E-state index in [1.165, 1.54) is 5.56 Å². The van der Waals surface area contributed by atoms with Crippen LogP contribution < -0.4 is 5.32 Å². The molecule has 100 valence electrons. The monoisotopic (exact) mass is 260 g/mol. The van der Waals surface area contributed by atoms with E-state index in [1.54, 1.807) is 4.90 Å². The number of nitrogens with one attached hydrogen (secondary N) is 1. The average Bonchev–Trinajstić information content (AvgIpc) is 3.06. The fourth-order valence-electron chi connectivity index (χ4n) is 2.77. The van der Waals surface area contributed by atoms with Crippen molar-refractivity contribution in [2.45, 2.75) is 12.8 Å². The van der Waals surface area contributed by atoms with Gasteiger partial charge in [-0.3, -0.25) is 9.59 Å². The first-order chi connectivity index (χ1) is 9.15. The quantitative estimate of drug-likeness (QED) is 0.838. The van der Waals surface area contributed by atoms with Gasteiger partial charge in [0, 0.05) is 30.9 Å². The lowest BCUT2D eigenvalue weighted by Crippen LogP contribution is -2.29. The zero-order chi connectivity index (χ0) is 13.4. The molecule has 0 aromatic heterocycles. The van der Waals surface area contributed by atoms with Crippen molar-refractivity contribution in [1.29, 1.82) is 0 Å². The van der Waals surface area contributed by atoms with E-state index < -0.39 is 11.9 Å². The lowest BCUT2D eigenvalue weighted by molar-refractivity contribution is -0.141. The number of carboxylic acids is 1. The number of amides is 1. The Labute approximate surface area is 111 Å². The molecule has 0 bridgehead atoms. The van der Waals surface area contributed by atoms with Crippen molar-refractivity contribution in [2.75, 3.05) is 25.0 Å². The molecule has 5 heteroatoms. The number of carboxylic acid groups (broad SMARTS) is 1. The summed E-state index contributed by atoms with van der Waals surface area (Å²) in [5, 5.41) is 12.2. The molecular formula is C14H16N2O3. The summed E-state index contributed by atoms with van der Waals surface area (Å²) >= 11 is 0. The zero-order valence-corrected chi connectivity index (χ0v) is 10.6. The number of hydrogen-bond donors (Lipinski definition) is 2. The molecule has 1 saturated heterocycles. The van der Waals surface area contributed by atoms with E-state index >= 15 is 0 Å². The summed E-state index contributed by atoms with van der Waals surface area (Å²) in [4.78, 5) is 24.9. The van der Waals surface area contributed by atoms with Crippen LogP contribution in [0.1, 0.15) is 22.3 Å². The van der Waals surface area contributed by atoms with Gasteiger partial charge in [-0.1, -0.05) is 0 Å². The highest BCUT2D eigenvalue weighted by atomic mass is 16.4. The lowest BCUT2D eigenvalue weighted by atomic mass is 10.1. The second kappa shape index (κ2) is 4.57. The Morgan fingerprint density at radius 2 is 2.21 bits per heavy atom. The van der Waals surface area contributed by atoms with E-state index in [2.05, 4.69) is 5.32 Å². The Morgan fingerprint density at radius 1 is 1.37 bits per heavy atom. The number of fused-ring (bicyclic) bond motifs is 1. The van der Waals surface area contributed by atoms with Crippen LogP contribution in [0.3, 0.4) is 0 Å². The van der Waals surface area contributed by atoms with E-state index in [9.17, 15) is 9.59 Å². The van der Waals surface area contributed by atoms with Gasteiger partial charge in [-0.2, -0.15) is 0 Å². The summed E-state index contributed by atoms with van der Waals surface area (Å²) in [5.74, 6) is -1.29. The predicted octanol–water partition coefficient (Wildman–Crippen LogP) is 1.20. The van der Waals surface area contributed by atoms with Crippen molar-refractivity contribution in [3.63, 3.8) is 0 Å². The summed E-state index contributed by atoms with van der Waals surface area (Å²) in [5.41, 5.74) is 2.93. The Bertz CT molecular complexity index is 541. The van der Waals surface area contributed by atoms with Gasteiger partial charge in [0.1, 0.15) is 0 Å². The number of aliphatic carboxylic acids is 1. The summed E-state index contributed by atoms with van der Waals surface area (Å²) in [6.45, 7) is 1.77. The van der Waals surface area contributed by atoms with E-state index in [0.29, 0.717) is 25.1 Å². The number of benzene rings is 1. The third-order valence-electron chi connectivity index (χ3n) is 3.89. The Balaban J connectivity index is 1.76. The molecule has 0 saturated carbocycles. The van der Waals surface area contributed by atoms with Gasteiger partial charge in [-0.15, -0.1) is 0 Å². The van der Waals surface area contributed by atoms with Gasteiger partial charge in [0.25, 0.3) is 5.91 Å². The molecule has 19 heavy (non-hydrogen) atoms. The molecule has 2 aliphatic rings. The van der Waals surface area contributed by atoms with Crippen LogP contribution in [0, 0.1) is 5.92 Å². The summed E-state index contributed by atoms with van der Waals surface area (Å²) in [7, 11) is 0. The third-order valence-corrected chi connectivity index (χ3v) is 3.89. The van der Waals surface area contributed by atoms with E-state index in [0.717, 1.165) is 18.7 Å². The topological polar surface area (TPSA) is 69.6 Å². The molecule has 3 rings (SSSR count). The molecule has 1 amide bonds. The number of carbonyl (C=O) groups is 2. The van der Waals surface area contributed by atoms with Gasteiger partial charge >= 0.3 is 5.97 Å². The van der Waals surface area contributed by atoms with Crippen molar-refractivity contribution < 1.29 is 14.7 Å². The minimum Gasteiger partial charge on any atom is -0.481 e. The first-order valence-corrected chi connectivity index (χ1v) is 6.54. The molecule has 5 nitrogen and oxygen atoms in total. The maximum Gasteiger partial charge on any atom is 0.308 e. The molecule has 2 N–H and O–H groups in total. The Hall–Kier alpha value is -2.04. The average molecular weight is 260 g/mol. The van der Waals surface area contributed by atoms with Gasteiger partial charge in [-0.25, -0.2) is 0 Å². The first-order valence-electron chi connectivity index (χ1n) is 6.54. The summed E-state index contributed by atoms with van der Waals surface area (Å²) in [6, 6.07) is 5.67. The van der Waals surface area contributed by atoms with Crippen LogP contribution in [0.4, 0.5) is 5.69 Å². The van der Waals surface area contributed by atoms with Gasteiger partial charge in [-0.05, 0) is 36.6 Å². The Morgan fingerprint density at radius 3 is 2.95 bits per heavy atom. The maximum atomic E-state index is 12.3. The van der Waals surface area contributed by atoms with Gasteiger partial charge in [0.15, 0.2) is 0 Å². The fraction of sp³-hybridized carbons (Fsp3) is 0.429. The molecule has 1 aromatic carbocycles. The van der Waals surface area contributed by atoms with Crippen LogP contribution in [0.25, 0.3) is 0 Å². The first kappa shape index (κ1) is 12.0. The van der Waals surface area contributed by atoms with Crippen LogP contribution in [-0.4, -0.2) is 41.5 Å². The van der Waals surface area contributed by atoms with Crippen LogP contribution in [0.15, 0.2) is 18.2 Å². The molecular weight excluding hydrogens is 244 g/mol. The molecule has 1 unspecified atom stereocenters. The molecule has 1 atom stereocenters. The van der Waals surface area contributed by atoms with Gasteiger partial charge in [0.05, 0.1) is 5.92 Å². The molecule has 1 aromatic rings. The largest absolute Gasteiger partial charge is 0.481 e. The van der Waals surface area contributed by atoms with Crippen LogP contribution >= 0.6 is 0 Å². The minimum atomic E-state index is -0.812. The number of nitrogens with zero attached hydrogens (tertiary/aromatic N) is 1. The number of carbonyl (C=O) groups excluding carboxylic acids is 1. The number of anilines is 1. The predicted molar refractivity (Wildman–Crippen MR) is 70.3 cm³/mol. The van der Waals surface area contributed by atoms with E-state index in [4.69, 9.17) is 5.11 Å². The molecule has 0 spiro atoms. The zero-order valence-electron chi connectivity index (χ0n) is 10.6. The Kier molecular flexibility index (Phi) is 2.89. The standard InChI is InChI=1S/C14H16N2O3/c17-13(16-6-4-11(8-16)14(18)19)10-1-2-12-9(7-10)3-5-15-12/h1-2,7,11,15H,3-6,8H2,(H,18,19). The SMILES string of the molecule is O=C(O)C1CCN(C(=O)c2ccc3c(c2)CCN3)C1. The van der Waals surface area contributed by atoms with Crippen LogP contribution in [-0.2, 0) is 11.2 Å². The number of rotatable bonds is 2. The highest BCUT2D eigenvalue weighted by molar-refractivity contribution is 5.95. The fourth-order valence-corrected chi connectivity index (χ4v) is 2.77. The molecule has 2 heterocycles. The highest BCUT2D eigenvalue weighted by Gasteiger charge is 2.31. The third kappa shape index (κ3) is 2.16. The molecule has 1 fully saturated rings. The van der Waals surface area contributed by atoms with E-state index in [1.807, 2.05) is 18.2 Å². The van der Waals surface area contributed by atoms with Crippen molar-refractivity contribution in [2.24, 2.45) is 5.92 Å². The minimum absolute atomic E-state index is 0.0570. The lowest BCUT2D eigenvalue weighted by Gasteiger charge is -2.16. The highest BCUT2D eigenvalue weighted by Crippen LogP contribution is 2.25. The van der Waals surface area contributed by atoms with Gasteiger partial charge in [0.2, 0.25) is 0 Å². The second-order valence-electron chi connectivity index (χ2n) is 5.12. The van der Waals surface area contributed by atoms with Crippen molar-refractivity contribution >= 4 is 17.6 Å². The van der Waals surface area contributed by atoms with Gasteiger partial charge < -0.3 is 15.3 Å².